The molecular weight excluding hydrogens is 318 g/mol. The van der Waals surface area contributed by atoms with Crippen LogP contribution in [0.2, 0.25) is 0 Å². The quantitative estimate of drug-likeness (QED) is 0.659. The van der Waals surface area contributed by atoms with Gasteiger partial charge in [0.1, 0.15) is 11.5 Å². The lowest BCUT2D eigenvalue weighted by Crippen LogP contribution is -2.30. The number of amidine groups is 1. The van der Waals surface area contributed by atoms with Gasteiger partial charge >= 0.3 is 0 Å². The van der Waals surface area contributed by atoms with Crippen LogP contribution in [0.15, 0.2) is 65.8 Å². The van der Waals surface area contributed by atoms with E-state index in [0.717, 1.165) is 50.4 Å². The van der Waals surface area contributed by atoms with Crippen LogP contribution in [-0.4, -0.2) is 35.4 Å². The van der Waals surface area contributed by atoms with E-state index in [4.69, 9.17) is 9.98 Å². The number of rotatable bonds is 6. The Balaban J connectivity index is 1.60. The number of nitrogens with zero attached hydrogens (tertiary/aromatic N) is 3. The summed E-state index contributed by atoms with van der Waals surface area (Å²) in [6, 6.07) is 19.5. The molecule has 0 N–H and O–H groups in total. The van der Waals surface area contributed by atoms with Gasteiger partial charge in [0.25, 0.3) is 0 Å². The van der Waals surface area contributed by atoms with Gasteiger partial charge in [-0.25, -0.2) is 0 Å². The number of pyridine rings is 1. The minimum atomic E-state index is 0.884. The highest BCUT2D eigenvalue weighted by Gasteiger charge is 2.21. The molecule has 0 unspecified atom stereocenters. The number of aliphatic imine (C=N–C) groups is 1. The maximum Gasteiger partial charge on any atom is 0.150 e. The van der Waals surface area contributed by atoms with Crippen molar-refractivity contribution in [2.75, 3.05) is 19.6 Å². The molecule has 0 atom stereocenters. The van der Waals surface area contributed by atoms with Crippen molar-refractivity contribution in [1.29, 1.82) is 0 Å². The van der Waals surface area contributed by atoms with Crippen LogP contribution in [0, 0.1) is 0 Å². The number of aromatic nitrogens is 1. The van der Waals surface area contributed by atoms with Gasteiger partial charge in [-0.15, -0.1) is 0 Å². The molecule has 4 rings (SSSR count). The van der Waals surface area contributed by atoms with Crippen molar-refractivity contribution in [2.24, 2.45) is 4.99 Å². The van der Waals surface area contributed by atoms with Crippen molar-refractivity contribution in [3.05, 3.63) is 77.6 Å². The van der Waals surface area contributed by atoms with Crippen LogP contribution in [0.4, 0.5) is 0 Å². The molecule has 26 heavy (non-hydrogen) atoms. The van der Waals surface area contributed by atoms with E-state index in [1.54, 1.807) is 0 Å². The number of hydrogen-bond donors (Lipinski definition) is 0. The summed E-state index contributed by atoms with van der Waals surface area (Å²) in [4.78, 5) is 11.8. The smallest absolute Gasteiger partial charge is 0.150 e. The van der Waals surface area contributed by atoms with Crippen LogP contribution in [-0.2, 0) is 12.8 Å². The molecule has 0 radical (unpaired) electrons. The van der Waals surface area contributed by atoms with Crippen molar-refractivity contribution < 1.29 is 0 Å². The van der Waals surface area contributed by atoms with Crippen LogP contribution in [0.25, 0.3) is 10.8 Å². The van der Waals surface area contributed by atoms with Crippen LogP contribution in [0.5, 0.6) is 0 Å². The second-order valence-corrected chi connectivity index (χ2v) is 6.84. The first-order valence-corrected chi connectivity index (χ1v) is 9.57. The second kappa shape index (κ2) is 7.69. The standard InChI is InChI=1S/C23H25N3/c1-2-16-26-17-15-25-23(26)22-20(10-6-14-24-22)13-12-19-9-5-8-18-7-3-4-11-21(18)19/h3-11,14H,2,12-13,15-17H2,1H3. The number of benzene rings is 2. The summed E-state index contributed by atoms with van der Waals surface area (Å²) in [5.74, 6) is 1.08. The van der Waals surface area contributed by atoms with E-state index in [9.17, 15) is 0 Å². The van der Waals surface area contributed by atoms with Gasteiger partial charge in [0.2, 0.25) is 0 Å². The van der Waals surface area contributed by atoms with E-state index in [-0.39, 0.29) is 0 Å². The predicted molar refractivity (Wildman–Crippen MR) is 109 cm³/mol. The minimum Gasteiger partial charge on any atom is -0.353 e. The molecule has 0 spiro atoms. The van der Waals surface area contributed by atoms with Crippen LogP contribution < -0.4 is 0 Å². The highest BCUT2D eigenvalue weighted by atomic mass is 15.2. The molecule has 3 heteroatoms. The molecule has 3 aromatic rings. The lowest BCUT2D eigenvalue weighted by Gasteiger charge is -2.20. The molecule has 1 aliphatic heterocycles. The third-order valence-electron chi connectivity index (χ3n) is 5.07. The fourth-order valence-corrected chi connectivity index (χ4v) is 3.82. The van der Waals surface area contributed by atoms with E-state index in [2.05, 4.69) is 60.4 Å². The predicted octanol–water partition coefficient (Wildman–Crippen LogP) is 4.49. The average molecular weight is 343 g/mol. The van der Waals surface area contributed by atoms with Crippen molar-refractivity contribution >= 4 is 16.6 Å². The molecule has 1 aromatic heterocycles. The Morgan fingerprint density at radius 1 is 0.923 bits per heavy atom. The Labute approximate surface area is 155 Å². The molecule has 3 nitrogen and oxygen atoms in total. The number of fused-ring (bicyclic) bond motifs is 1. The highest BCUT2D eigenvalue weighted by Crippen LogP contribution is 2.21. The van der Waals surface area contributed by atoms with Crippen molar-refractivity contribution in [3.63, 3.8) is 0 Å². The third kappa shape index (κ3) is 3.34. The molecule has 2 aromatic carbocycles. The topological polar surface area (TPSA) is 28.5 Å². The van der Waals surface area contributed by atoms with E-state index in [1.807, 2.05) is 12.3 Å². The summed E-state index contributed by atoms with van der Waals surface area (Å²) < 4.78 is 0. The lowest BCUT2D eigenvalue weighted by molar-refractivity contribution is 0.455. The van der Waals surface area contributed by atoms with Crippen LogP contribution >= 0.6 is 0 Å². The lowest BCUT2D eigenvalue weighted by atomic mass is 9.98. The molecule has 1 aliphatic rings. The zero-order valence-electron chi connectivity index (χ0n) is 15.4. The molecule has 0 saturated heterocycles. The Bertz CT molecular complexity index is 924. The van der Waals surface area contributed by atoms with Crippen molar-refractivity contribution in [1.82, 2.24) is 9.88 Å². The normalized spacial score (nSPS) is 14.0. The number of aryl methyl sites for hydroxylation is 2. The van der Waals surface area contributed by atoms with Gasteiger partial charge in [-0.2, -0.15) is 0 Å². The minimum absolute atomic E-state index is 0.884. The highest BCUT2D eigenvalue weighted by molar-refractivity contribution is 5.99. The molecule has 0 amide bonds. The van der Waals surface area contributed by atoms with Gasteiger partial charge in [-0.1, -0.05) is 55.5 Å². The largest absolute Gasteiger partial charge is 0.353 e. The summed E-state index contributed by atoms with van der Waals surface area (Å²) in [6.45, 7) is 5.17. The van der Waals surface area contributed by atoms with Crippen molar-refractivity contribution in [2.45, 2.75) is 26.2 Å². The van der Waals surface area contributed by atoms with E-state index >= 15 is 0 Å². The molecular formula is C23H25N3. The second-order valence-electron chi connectivity index (χ2n) is 6.84. The van der Waals surface area contributed by atoms with Gasteiger partial charge in [-0.3, -0.25) is 9.98 Å². The maximum absolute atomic E-state index is 4.75. The van der Waals surface area contributed by atoms with Gasteiger partial charge < -0.3 is 4.90 Å². The first-order chi connectivity index (χ1) is 12.9. The van der Waals surface area contributed by atoms with Crippen LogP contribution in [0.3, 0.4) is 0 Å². The summed E-state index contributed by atoms with van der Waals surface area (Å²) in [6.07, 6.45) is 5.02. The van der Waals surface area contributed by atoms with E-state index in [1.165, 1.54) is 21.9 Å². The zero-order valence-corrected chi connectivity index (χ0v) is 15.4. The Morgan fingerprint density at radius 3 is 2.65 bits per heavy atom. The first kappa shape index (κ1) is 16.8. The number of hydrogen-bond acceptors (Lipinski definition) is 3. The van der Waals surface area contributed by atoms with E-state index < -0.39 is 0 Å². The summed E-state index contributed by atoms with van der Waals surface area (Å²) in [7, 11) is 0. The van der Waals surface area contributed by atoms with Gasteiger partial charge in [0.15, 0.2) is 0 Å². The fourth-order valence-electron chi connectivity index (χ4n) is 3.82. The summed E-state index contributed by atoms with van der Waals surface area (Å²) in [5, 5.41) is 2.66. The van der Waals surface area contributed by atoms with Gasteiger partial charge in [-0.05, 0) is 47.2 Å². The molecule has 0 aliphatic carbocycles. The fraction of sp³-hybridized carbons (Fsp3) is 0.304. The molecule has 2 heterocycles. The molecule has 132 valence electrons. The maximum atomic E-state index is 4.75. The van der Waals surface area contributed by atoms with Crippen molar-refractivity contribution in [3.8, 4) is 0 Å². The van der Waals surface area contributed by atoms with E-state index in [0.29, 0.717) is 0 Å². The van der Waals surface area contributed by atoms with Crippen LogP contribution in [0.1, 0.15) is 30.2 Å². The monoisotopic (exact) mass is 343 g/mol. The first-order valence-electron chi connectivity index (χ1n) is 9.57. The summed E-state index contributed by atoms with van der Waals surface area (Å²) in [5.41, 5.74) is 3.76. The zero-order chi connectivity index (χ0) is 17.8. The summed E-state index contributed by atoms with van der Waals surface area (Å²) >= 11 is 0. The Hall–Kier alpha value is -2.68. The molecule has 0 saturated carbocycles. The molecule has 0 fully saturated rings. The van der Waals surface area contributed by atoms with Gasteiger partial charge in [0.05, 0.1) is 6.54 Å². The third-order valence-corrected chi connectivity index (χ3v) is 5.07. The average Bonchev–Trinajstić information content (AvgIpc) is 3.15. The Morgan fingerprint density at radius 2 is 1.73 bits per heavy atom. The Kier molecular flexibility index (Phi) is 4.96. The molecule has 0 bridgehead atoms. The van der Waals surface area contributed by atoms with Gasteiger partial charge in [0, 0.05) is 19.3 Å². The SMILES string of the molecule is CCCN1CCN=C1c1ncccc1CCc1cccc2ccccc12.